The van der Waals surface area contributed by atoms with Crippen molar-refractivity contribution in [2.75, 3.05) is 18.4 Å². The molecule has 1 aromatic heterocycles. The van der Waals surface area contributed by atoms with E-state index in [0.717, 1.165) is 10.2 Å². The number of rotatable bonds is 7. The number of carbonyl (C=O) groups excluding carboxylic acids is 2. The van der Waals surface area contributed by atoms with Gasteiger partial charge in [0.25, 0.3) is 0 Å². The summed E-state index contributed by atoms with van der Waals surface area (Å²) in [5.74, 6) is -1.66. The summed E-state index contributed by atoms with van der Waals surface area (Å²) in [6.07, 6.45) is -4.14. The molecule has 2 rings (SSSR count). The van der Waals surface area contributed by atoms with Gasteiger partial charge in [-0.3, -0.25) is 4.79 Å². The zero-order chi connectivity index (χ0) is 19.2. The molecule has 0 spiro atoms. The average Bonchev–Trinajstić information content (AvgIpc) is 3.04. The molecule has 6 nitrogen and oxygen atoms in total. The summed E-state index contributed by atoms with van der Waals surface area (Å²) < 4.78 is 37.8. The maximum Gasteiger partial charge on any atom is 0.450 e. The Hall–Kier alpha value is -3.10. The number of benzene rings is 1. The Morgan fingerprint density at radius 2 is 1.92 bits per heavy atom. The second kappa shape index (κ2) is 8.32. The van der Waals surface area contributed by atoms with Gasteiger partial charge in [0.2, 0.25) is 5.78 Å². The fraction of sp³-hybridized carbons (Fsp3) is 0.235. The van der Waals surface area contributed by atoms with Gasteiger partial charge in [-0.25, -0.2) is 4.79 Å². The fourth-order valence-corrected chi connectivity index (χ4v) is 2.09. The van der Waals surface area contributed by atoms with Crippen LogP contribution in [0.25, 0.3) is 11.3 Å². The van der Waals surface area contributed by atoms with Crippen LogP contribution in [0.1, 0.15) is 6.42 Å². The summed E-state index contributed by atoms with van der Waals surface area (Å²) in [5, 5.41) is 9.37. The molecule has 26 heavy (non-hydrogen) atoms. The first-order valence-corrected chi connectivity index (χ1v) is 7.71. The zero-order valence-electron chi connectivity index (χ0n) is 13.7. The molecule has 2 aromatic rings. The van der Waals surface area contributed by atoms with Gasteiger partial charge in [-0.05, 0) is 0 Å². The highest BCUT2D eigenvalue weighted by molar-refractivity contribution is 5.85. The number of amides is 1. The van der Waals surface area contributed by atoms with E-state index >= 15 is 0 Å². The fourth-order valence-electron chi connectivity index (χ4n) is 2.09. The largest absolute Gasteiger partial charge is 0.450 e. The Labute approximate surface area is 147 Å². The molecule has 138 valence electrons. The Balaban J connectivity index is 2.19. The number of halogens is 3. The molecule has 1 aromatic carbocycles. The van der Waals surface area contributed by atoms with E-state index in [1.807, 2.05) is 6.07 Å². The van der Waals surface area contributed by atoms with Crippen molar-refractivity contribution in [3.05, 3.63) is 49.1 Å². The second-order valence-corrected chi connectivity index (χ2v) is 5.27. The van der Waals surface area contributed by atoms with E-state index in [2.05, 4.69) is 22.3 Å². The zero-order valence-corrected chi connectivity index (χ0v) is 13.7. The highest BCUT2D eigenvalue weighted by atomic mass is 19.4. The number of nitrogens with one attached hydrogen (secondary N) is 2. The van der Waals surface area contributed by atoms with Crippen molar-refractivity contribution in [3.8, 4) is 11.3 Å². The van der Waals surface area contributed by atoms with Gasteiger partial charge in [-0.1, -0.05) is 36.4 Å². The summed E-state index contributed by atoms with van der Waals surface area (Å²) >= 11 is 0. The smallest absolute Gasteiger partial charge is 0.369 e. The van der Waals surface area contributed by atoms with Crippen LogP contribution in [0.2, 0.25) is 0 Å². The van der Waals surface area contributed by atoms with Crippen molar-refractivity contribution in [2.24, 2.45) is 0 Å². The van der Waals surface area contributed by atoms with Crippen LogP contribution in [0.15, 0.2) is 49.1 Å². The van der Waals surface area contributed by atoms with Crippen LogP contribution < -0.4 is 10.6 Å². The van der Waals surface area contributed by atoms with E-state index in [9.17, 15) is 22.8 Å². The molecule has 0 fully saturated rings. The predicted octanol–water partition coefficient (Wildman–Crippen LogP) is 3.23. The summed E-state index contributed by atoms with van der Waals surface area (Å²) in [6, 6.07) is 9.93. The summed E-state index contributed by atoms with van der Waals surface area (Å²) in [5.41, 5.74) is 1.20. The third kappa shape index (κ3) is 4.95. The van der Waals surface area contributed by atoms with Crippen molar-refractivity contribution >= 4 is 17.6 Å². The average molecular weight is 366 g/mol. The van der Waals surface area contributed by atoms with Crippen molar-refractivity contribution in [2.45, 2.75) is 12.6 Å². The first-order chi connectivity index (χ1) is 12.3. The Bertz CT molecular complexity index is 785. The number of anilines is 1. The van der Waals surface area contributed by atoms with Gasteiger partial charge >= 0.3 is 12.2 Å². The molecule has 0 atom stereocenters. The molecule has 2 N–H and O–H groups in total. The molecule has 1 amide bonds. The normalized spacial score (nSPS) is 11.0. The van der Waals surface area contributed by atoms with Crippen LogP contribution in [0.4, 0.5) is 23.8 Å². The minimum absolute atomic E-state index is 0.181. The van der Waals surface area contributed by atoms with E-state index in [-0.39, 0.29) is 18.9 Å². The van der Waals surface area contributed by atoms with E-state index in [4.69, 9.17) is 0 Å². The van der Waals surface area contributed by atoms with Gasteiger partial charge in [0.1, 0.15) is 5.82 Å². The molecule has 0 saturated carbocycles. The number of Topliss-reactive ketones (excluding diaryl/α,β-unsaturated/α-hetero) is 1. The van der Waals surface area contributed by atoms with E-state index in [1.54, 1.807) is 24.3 Å². The van der Waals surface area contributed by atoms with E-state index < -0.39 is 24.4 Å². The number of nitrogens with zero attached hydrogens (tertiary/aromatic N) is 2. The second-order valence-electron chi connectivity index (χ2n) is 5.27. The van der Waals surface area contributed by atoms with Crippen molar-refractivity contribution in [1.29, 1.82) is 0 Å². The number of carbonyl (C=O) groups is 2. The van der Waals surface area contributed by atoms with Gasteiger partial charge < -0.3 is 10.6 Å². The number of hydrogen-bond acceptors (Lipinski definition) is 4. The molecule has 0 bridgehead atoms. The topological polar surface area (TPSA) is 76.0 Å². The molecule has 0 radical (unpaired) electrons. The van der Waals surface area contributed by atoms with Crippen LogP contribution >= 0.6 is 0 Å². The van der Waals surface area contributed by atoms with Crippen LogP contribution in [0, 0.1) is 0 Å². The quantitative estimate of drug-likeness (QED) is 0.738. The van der Waals surface area contributed by atoms with Crippen LogP contribution in [0.5, 0.6) is 0 Å². The van der Waals surface area contributed by atoms with Gasteiger partial charge in [-0.2, -0.15) is 23.0 Å². The van der Waals surface area contributed by atoms with Gasteiger partial charge in [0.15, 0.2) is 0 Å². The minimum atomic E-state index is -4.88. The third-order valence-electron chi connectivity index (χ3n) is 3.34. The van der Waals surface area contributed by atoms with Crippen LogP contribution in [0.3, 0.4) is 0 Å². The molecule has 0 saturated heterocycles. The SMILES string of the molecule is C=CCNC(=O)n1nc(-c2ccccc2)cc1NCCC(=O)C(F)(F)F. The third-order valence-corrected chi connectivity index (χ3v) is 3.34. The highest BCUT2D eigenvalue weighted by Crippen LogP contribution is 2.22. The van der Waals surface area contributed by atoms with Crippen molar-refractivity contribution in [1.82, 2.24) is 15.1 Å². The van der Waals surface area contributed by atoms with Crippen LogP contribution in [-0.2, 0) is 4.79 Å². The standard InChI is InChI=1S/C17H17F3N4O2/c1-2-9-22-16(26)24-15(21-10-8-14(25)17(18,19)20)11-13(23-24)12-6-4-3-5-7-12/h2-7,11,21H,1,8-10H2,(H,22,26). The maximum atomic E-state index is 12.3. The molecule has 0 aliphatic heterocycles. The summed E-state index contributed by atoms with van der Waals surface area (Å²) in [4.78, 5) is 23.1. The van der Waals surface area contributed by atoms with Crippen molar-refractivity contribution in [3.63, 3.8) is 0 Å². The first kappa shape index (κ1) is 19.2. The Morgan fingerprint density at radius 1 is 1.23 bits per heavy atom. The lowest BCUT2D eigenvalue weighted by Gasteiger charge is -2.09. The molecule has 0 aliphatic rings. The number of aromatic nitrogens is 2. The maximum absolute atomic E-state index is 12.3. The Morgan fingerprint density at radius 3 is 2.54 bits per heavy atom. The Kier molecular flexibility index (Phi) is 6.16. The molecule has 9 heteroatoms. The molecule has 0 aliphatic carbocycles. The summed E-state index contributed by atoms with van der Waals surface area (Å²) in [7, 11) is 0. The van der Waals surface area contributed by atoms with Gasteiger partial charge in [0.05, 0.1) is 5.69 Å². The molecule has 0 unspecified atom stereocenters. The highest BCUT2D eigenvalue weighted by Gasteiger charge is 2.37. The van der Waals surface area contributed by atoms with Gasteiger partial charge in [0, 0.05) is 31.1 Å². The number of alkyl halides is 3. The minimum Gasteiger partial charge on any atom is -0.369 e. The predicted molar refractivity (Wildman–Crippen MR) is 90.8 cm³/mol. The van der Waals surface area contributed by atoms with Gasteiger partial charge in [-0.15, -0.1) is 6.58 Å². The van der Waals surface area contributed by atoms with E-state index in [0.29, 0.717) is 5.69 Å². The molecular weight excluding hydrogens is 349 g/mol. The van der Waals surface area contributed by atoms with Crippen LogP contribution in [-0.4, -0.2) is 40.9 Å². The monoisotopic (exact) mass is 366 g/mol. The first-order valence-electron chi connectivity index (χ1n) is 7.71. The number of hydrogen-bond donors (Lipinski definition) is 2. The lowest BCUT2D eigenvalue weighted by molar-refractivity contribution is -0.170. The number of ketones is 1. The lowest BCUT2D eigenvalue weighted by atomic mass is 10.1. The lowest BCUT2D eigenvalue weighted by Crippen LogP contribution is -2.31. The van der Waals surface area contributed by atoms with E-state index in [1.165, 1.54) is 12.1 Å². The summed E-state index contributed by atoms with van der Waals surface area (Å²) in [6.45, 7) is 3.40. The molecule has 1 heterocycles. The van der Waals surface area contributed by atoms with Crippen molar-refractivity contribution < 1.29 is 22.8 Å². The molecular formula is C17H17F3N4O2.